The highest BCUT2D eigenvalue weighted by atomic mass is 16.5. The summed E-state index contributed by atoms with van der Waals surface area (Å²) in [6.45, 7) is 6.05. The number of benzene rings is 1. The number of ether oxygens (including phenoxy) is 1. The van der Waals surface area contributed by atoms with Gasteiger partial charge in [0.25, 0.3) is 5.91 Å². The quantitative estimate of drug-likeness (QED) is 0.597. The number of urea groups is 1. The number of likely N-dealkylation sites (tertiary alicyclic amines) is 1. The van der Waals surface area contributed by atoms with Crippen LogP contribution in [0.15, 0.2) is 36.8 Å². The van der Waals surface area contributed by atoms with Crippen LogP contribution in [-0.2, 0) is 6.54 Å². The highest BCUT2D eigenvalue weighted by molar-refractivity contribution is 6.17. The number of aromatic nitrogens is 3. The van der Waals surface area contributed by atoms with Gasteiger partial charge in [0.2, 0.25) is 0 Å². The molecule has 3 aromatic rings. The second-order valence-corrected chi connectivity index (χ2v) is 8.19. The monoisotopic (exact) mass is 447 g/mol. The van der Waals surface area contributed by atoms with E-state index in [2.05, 4.69) is 43.5 Å². The van der Waals surface area contributed by atoms with E-state index >= 15 is 0 Å². The average molecular weight is 447 g/mol. The molecule has 33 heavy (non-hydrogen) atoms. The van der Waals surface area contributed by atoms with Gasteiger partial charge in [-0.2, -0.15) is 0 Å². The molecule has 2 atom stereocenters. The lowest BCUT2D eigenvalue weighted by Gasteiger charge is -2.46. The topological polar surface area (TPSA) is 113 Å². The van der Waals surface area contributed by atoms with E-state index in [0.29, 0.717) is 30.4 Å². The Morgan fingerprint density at radius 3 is 2.82 bits per heavy atom. The first kappa shape index (κ1) is 21.1. The molecule has 10 heteroatoms. The Kier molecular flexibility index (Phi) is 5.29. The first-order valence-corrected chi connectivity index (χ1v) is 10.9. The molecule has 3 amide bonds. The lowest BCUT2D eigenvalue weighted by molar-refractivity contribution is -0.0414. The van der Waals surface area contributed by atoms with Crippen molar-refractivity contribution in [2.45, 2.75) is 32.5 Å². The van der Waals surface area contributed by atoms with Gasteiger partial charge in [0.15, 0.2) is 0 Å². The van der Waals surface area contributed by atoms with Crippen LogP contribution in [0.3, 0.4) is 0 Å². The Morgan fingerprint density at radius 2 is 2.12 bits per heavy atom. The van der Waals surface area contributed by atoms with Crippen LogP contribution in [0.25, 0.3) is 10.9 Å². The van der Waals surface area contributed by atoms with E-state index in [-0.39, 0.29) is 24.1 Å². The Morgan fingerprint density at radius 1 is 1.27 bits per heavy atom. The third-order valence-electron chi connectivity index (χ3n) is 6.23. The second kappa shape index (κ2) is 8.28. The molecule has 2 aromatic heterocycles. The zero-order valence-electron chi connectivity index (χ0n) is 18.7. The predicted octanol–water partition coefficient (Wildman–Crippen LogP) is 2.41. The van der Waals surface area contributed by atoms with Crippen molar-refractivity contribution in [2.75, 3.05) is 30.4 Å². The van der Waals surface area contributed by atoms with Crippen LogP contribution in [0, 0.1) is 0 Å². The summed E-state index contributed by atoms with van der Waals surface area (Å²) in [6.07, 6.45) is 3.11. The first-order valence-electron chi connectivity index (χ1n) is 10.9. The van der Waals surface area contributed by atoms with Gasteiger partial charge in [0.1, 0.15) is 29.7 Å². The van der Waals surface area contributed by atoms with Crippen LogP contribution in [0.2, 0.25) is 0 Å². The molecule has 170 valence electrons. The zero-order chi connectivity index (χ0) is 23.1. The Labute approximate surface area is 191 Å². The number of carbonyl (C=O) groups is 2. The molecule has 2 N–H and O–H groups in total. The van der Waals surface area contributed by atoms with E-state index in [1.54, 1.807) is 30.3 Å². The molecule has 1 aromatic carbocycles. The van der Waals surface area contributed by atoms with E-state index in [4.69, 9.17) is 4.74 Å². The van der Waals surface area contributed by atoms with E-state index in [1.165, 1.54) is 6.33 Å². The number of nitrogens with zero attached hydrogens (tertiary/aromatic N) is 5. The van der Waals surface area contributed by atoms with Gasteiger partial charge in [-0.25, -0.2) is 19.7 Å². The van der Waals surface area contributed by atoms with Gasteiger partial charge < -0.3 is 15.4 Å². The summed E-state index contributed by atoms with van der Waals surface area (Å²) in [5, 5.41) is 6.39. The predicted molar refractivity (Wildman–Crippen MR) is 123 cm³/mol. The van der Waals surface area contributed by atoms with Gasteiger partial charge in [-0.1, -0.05) is 0 Å². The average Bonchev–Trinajstić information content (AvgIpc) is 2.83. The number of anilines is 2. The van der Waals surface area contributed by atoms with Crippen molar-refractivity contribution in [1.82, 2.24) is 25.2 Å². The number of pyridine rings is 1. The van der Waals surface area contributed by atoms with Gasteiger partial charge >= 0.3 is 6.03 Å². The molecule has 0 unspecified atom stereocenters. The second-order valence-electron chi connectivity index (χ2n) is 8.19. The SMILES string of the molecule is CCN1C(=O)Nc2cc(CN3C[C@H](Oc4ccc(C(=O)NC)nc4)[C@H]3C)cc3ncnc1c23. The molecular weight excluding hydrogens is 422 g/mol. The largest absolute Gasteiger partial charge is 0.486 e. The van der Waals surface area contributed by atoms with E-state index in [9.17, 15) is 9.59 Å². The summed E-state index contributed by atoms with van der Waals surface area (Å²) >= 11 is 0. The first-order chi connectivity index (χ1) is 16.0. The van der Waals surface area contributed by atoms with E-state index < -0.39 is 0 Å². The van der Waals surface area contributed by atoms with Crippen LogP contribution in [0.1, 0.15) is 29.9 Å². The molecule has 2 aliphatic heterocycles. The maximum absolute atomic E-state index is 12.5. The third kappa shape index (κ3) is 3.72. The normalized spacial score (nSPS) is 19.7. The summed E-state index contributed by atoms with van der Waals surface area (Å²) in [6, 6.07) is 7.49. The molecule has 2 aliphatic rings. The molecule has 0 saturated carbocycles. The summed E-state index contributed by atoms with van der Waals surface area (Å²) in [5.74, 6) is 1.06. The van der Waals surface area contributed by atoms with Gasteiger partial charge in [0.05, 0.1) is 22.8 Å². The smallest absolute Gasteiger partial charge is 0.327 e. The highest BCUT2D eigenvalue weighted by Gasteiger charge is 2.37. The van der Waals surface area contributed by atoms with Gasteiger partial charge in [-0.15, -0.1) is 0 Å². The van der Waals surface area contributed by atoms with Crippen molar-refractivity contribution in [2.24, 2.45) is 0 Å². The molecular formula is C23H25N7O3. The summed E-state index contributed by atoms with van der Waals surface area (Å²) < 4.78 is 6.06. The van der Waals surface area contributed by atoms with Crippen LogP contribution in [0.4, 0.5) is 16.3 Å². The highest BCUT2D eigenvalue weighted by Crippen LogP contribution is 2.36. The van der Waals surface area contributed by atoms with Crippen molar-refractivity contribution in [3.63, 3.8) is 0 Å². The van der Waals surface area contributed by atoms with E-state index in [1.807, 2.05) is 13.0 Å². The molecule has 1 fully saturated rings. The fourth-order valence-electron chi connectivity index (χ4n) is 4.31. The molecule has 0 aliphatic carbocycles. The van der Waals surface area contributed by atoms with Crippen molar-refractivity contribution < 1.29 is 14.3 Å². The van der Waals surface area contributed by atoms with Gasteiger partial charge in [0, 0.05) is 32.7 Å². The maximum Gasteiger partial charge on any atom is 0.327 e. The van der Waals surface area contributed by atoms with E-state index in [0.717, 1.165) is 28.7 Å². The number of rotatable bonds is 6. The number of amides is 3. The van der Waals surface area contributed by atoms with Crippen molar-refractivity contribution in [3.8, 4) is 5.75 Å². The van der Waals surface area contributed by atoms with Gasteiger partial charge in [-0.05, 0) is 43.7 Å². The Bertz CT molecular complexity index is 1230. The standard InChI is InChI=1S/C23H25N7O3/c1-4-30-21-20-17(26-12-27-21)7-14(8-18(20)28-23(30)32)10-29-11-19(13(29)2)33-15-5-6-16(25-9-15)22(31)24-3/h5-9,12-13,19H,4,10-11H2,1-3H3,(H,24,31)(H,28,32)/t13-,19+/m1/s1. The molecule has 4 heterocycles. The zero-order valence-corrected chi connectivity index (χ0v) is 18.7. The summed E-state index contributed by atoms with van der Waals surface area (Å²) in [5.41, 5.74) is 2.98. The Balaban J connectivity index is 1.28. The third-order valence-corrected chi connectivity index (χ3v) is 6.23. The Hall–Kier alpha value is -3.79. The summed E-state index contributed by atoms with van der Waals surface area (Å²) in [4.78, 5) is 40.9. The minimum Gasteiger partial charge on any atom is -0.486 e. The lowest BCUT2D eigenvalue weighted by atomic mass is 9.98. The minimum atomic E-state index is -0.227. The lowest BCUT2D eigenvalue weighted by Crippen LogP contribution is -2.60. The van der Waals surface area contributed by atoms with Gasteiger partial charge in [-0.3, -0.25) is 14.6 Å². The van der Waals surface area contributed by atoms with Crippen LogP contribution >= 0.6 is 0 Å². The maximum atomic E-state index is 12.5. The fourth-order valence-corrected chi connectivity index (χ4v) is 4.31. The van der Waals surface area contributed by atoms with Crippen molar-refractivity contribution in [3.05, 3.63) is 48.0 Å². The van der Waals surface area contributed by atoms with Crippen molar-refractivity contribution in [1.29, 1.82) is 0 Å². The molecule has 0 radical (unpaired) electrons. The molecule has 0 bridgehead atoms. The molecule has 10 nitrogen and oxygen atoms in total. The molecule has 0 spiro atoms. The number of hydrogen-bond acceptors (Lipinski definition) is 7. The molecule has 5 rings (SSSR count). The van der Waals surface area contributed by atoms with Crippen molar-refractivity contribution >= 4 is 34.3 Å². The fraction of sp³-hybridized carbons (Fsp3) is 0.348. The minimum absolute atomic E-state index is 0.0307. The van der Waals surface area contributed by atoms with Crippen LogP contribution < -0.4 is 20.3 Å². The van der Waals surface area contributed by atoms with Crippen LogP contribution in [0.5, 0.6) is 5.75 Å². The summed E-state index contributed by atoms with van der Waals surface area (Å²) in [7, 11) is 1.57. The number of hydrogen-bond donors (Lipinski definition) is 2. The number of nitrogens with one attached hydrogen (secondary N) is 2. The number of carbonyl (C=O) groups excluding carboxylic acids is 2. The van der Waals surface area contributed by atoms with Crippen LogP contribution in [-0.4, -0.2) is 64.1 Å². The molecule has 1 saturated heterocycles.